The molecule has 3 aromatic rings. The van der Waals surface area contributed by atoms with E-state index in [0.717, 1.165) is 13.0 Å². The molecule has 150 valence electrons. The molecule has 1 aliphatic heterocycles. The van der Waals surface area contributed by atoms with Crippen LogP contribution in [0.4, 0.5) is 15.9 Å². The number of halogens is 3. The van der Waals surface area contributed by atoms with Crippen molar-refractivity contribution in [1.82, 2.24) is 15.3 Å². The topological polar surface area (TPSA) is 68.3 Å². The number of rotatable bonds is 5. The van der Waals surface area contributed by atoms with E-state index in [4.69, 9.17) is 32.7 Å². The van der Waals surface area contributed by atoms with E-state index in [-0.39, 0.29) is 21.8 Å². The van der Waals surface area contributed by atoms with Crippen LogP contribution in [-0.2, 0) is 0 Å². The molecule has 0 saturated carbocycles. The van der Waals surface area contributed by atoms with Crippen LogP contribution in [0.15, 0.2) is 42.9 Å². The summed E-state index contributed by atoms with van der Waals surface area (Å²) in [7, 11) is 1.57. The minimum absolute atomic E-state index is 0.0869. The molecular weight excluding hydrogens is 418 g/mol. The Labute approximate surface area is 176 Å². The molecular formula is C20H17Cl2FN4O2. The van der Waals surface area contributed by atoms with Gasteiger partial charge in [-0.3, -0.25) is 0 Å². The van der Waals surface area contributed by atoms with Crippen LogP contribution in [0.2, 0.25) is 10.0 Å². The molecule has 2 heterocycles. The number of fused-ring (bicyclic) bond motifs is 1. The van der Waals surface area contributed by atoms with E-state index in [1.807, 2.05) is 12.3 Å². The lowest BCUT2D eigenvalue weighted by molar-refractivity contribution is 0.222. The number of nitrogens with zero attached hydrogens (tertiary/aromatic N) is 2. The lowest BCUT2D eigenvalue weighted by atomic mass is 10.1. The number of hydrogen-bond acceptors (Lipinski definition) is 6. The van der Waals surface area contributed by atoms with Gasteiger partial charge in [0.05, 0.1) is 28.4 Å². The van der Waals surface area contributed by atoms with E-state index in [0.29, 0.717) is 28.2 Å². The normalized spacial score (nSPS) is 15.8. The van der Waals surface area contributed by atoms with Crippen LogP contribution >= 0.6 is 23.2 Å². The van der Waals surface area contributed by atoms with Crippen molar-refractivity contribution in [1.29, 1.82) is 0 Å². The van der Waals surface area contributed by atoms with E-state index in [9.17, 15) is 4.39 Å². The molecule has 6 nitrogen and oxygen atoms in total. The van der Waals surface area contributed by atoms with Gasteiger partial charge in [0.1, 0.15) is 18.2 Å². The summed E-state index contributed by atoms with van der Waals surface area (Å²) in [6.45, 7) is 0.823. The quantitative estimate of drug-likeness (QED) is 0.545. The van der Waals surface area contributed by atoms with Crippen molar-refractivity contribution in [3.05, 3.63) is 58.7 Å². The molecule has 9 heteroatoms. The summed E-state index contributed by atoms with van der Waals surface area (Å²) < 4.78 is 26.0. The van der Waals surface area contributed by atoms with E-state index in [2.05, 4.69) is 20.6 Å². The second-order valence-electron chi connectivity index (χ2n) is 6.35. The number of anilines is 2. The molecule has 0 fully saturated rings. The molecule has 0 radical (unpaired) electrons. The molecule has 1 unspecified atom stereocenters. The molecule has 2 aromatic carbocycles. The van der Waals surface area contributed by atoms with Gasteiger partial charge in [-0.2, -0.15) is 0 Å². The molecule has 1 aliphatic rings. The third-order valence-electron chi connectivity index (χ3n) is 4.49. The molecule has 2 N–H and O–H groups in total. The fourth-order valence-corrected chi connectivity index (χ4v) is 3.32. The first-order valence-electron chi connectivity index (χ1n) is 8.87. The van der Waals surface area contributed by atoms with Crippen LogP contribution < -0.4 is 20.1 Å². The van der Waals surface area contributed by atoms with Gasteiger partial charge in [-0.25, -0.2) is 14.4 Å². The lowest BCUT2D eigenvalue weighted by Crippen LogP contribution is -2.25. The van der Waals surface area contributed by atoms with Gasteiger partial charge in [0.25, 0.3) is 0 Å². The monoisotopic (exact) mass is 434 g/mol. The maximum Gasteiger partial charge on any atom is 0.166 e. The summed E-state index contributed by atoms with van der Waals surface area (Å²) in [6, 6.07) is 6.55. The summed E-state index contributed by atoms with van der Waals surface area (Å²) >= 11 is 11.8. The van der Waals surface area contributed by atoms with Crippen molar-refractivity contribution in [2.75, 3.05) is 19.0 Å². The standard InChI is InChI=1S/C20H17Cl2FN4O2/c1-28-16-9-15-12(8-17(16)29-11-4-6-24-7-5-11)20(26-10-25-15)27-14-3-2-13(21)18(22)19(14)23/h2-4,6,8-11,24H,5,7H2,1H3,(H,25,26,27). The van der Waals surface area contributed by atoms with Gasteiger partial charge >= 0.3 is 0 Å². The number of aromatic nitrogens is 2. The van der Waals surface area contributed by atoms with Crippen molar-refractivity contribution in [2.45, 2.75) is 12.5 Å². The third-order valence-corrected chi connectivity index (χ3v) is 5.27. The van der Waals surface area contributed by atoms with E-state index in [1.54, 1.807) is 19.2 Å². The molecule has 1 atom stereocenters. The number of methoxy groups -OCH3 is 1. The highest BCUT2D eigenvalue weighted by Gasteiger charge is 2.17. The average molecular weight is 435 g/mol. The van der Waals surface area contributed by atoms with Crippen LogP contribution in [-0.4, -0.2) is 29.7 Å². The van der Waals surface area contributed by atoms with Crippen LogP contribution in [0.1, 0.15) is 6.42 Å². The average Bonchev–Trinajstić information content (AvgIpc) is 2.74. The van der Waals surface area contributed by atoms with Crippen LogP contribution in [0, 0.1) is 5.82 Å². The number of ether oxygens (including phenoxy) is 2. The van der Waals surface area contributed by atoms with Gasteiger partial charge in [-0.05, 0) is 30.5 Å². The second-order valence-corrected chi connectivity index (χ2v) is 7.13. The molecule has 0 amide bonds. The molecule has 1 aromatic heterocycles. The summed E-state index contributed by atoms with van der Waals surface area (Å²) in [5, 5.41) is 6.72. The summed E-state index contributed by atoms with van der Waals surface area (Å²) in [5.74, 6) is 0.843. The Morgan fingerprint density at radius 3 is 2.83 bits per heavy atom. The van der Waals surface area contributed by atoms with Crippen molar-refractivity contribution in [3.63, 3.8) is 0 Å². The van der Waals surface area contributed by atoms with Crippen molar-refractivity contribution < 1.29 is 13.9 Å². The van der Waals surface area contributed by atoms with Crippen molar-refractivity contribution in [2.24, 2.45) is 0 Å². The predicted molar refractivity (Wildman–Crippen MR) is 112 cm³/mol. The maximum atomic E-state index is 14.5. The Balaban J connectivity index is 1.75. The summed E-state index contributed by atoms with van der Waals surface area (Å²) in [5.41, 5.74) is 0.770. The fraction of sp³-hybridized carbons (Fsp3) is 0.200. The molecule has 4 rings (SSSR count). The highest BCUT2D eigenvalue weighted by atomic mass is 35.5. The molecule has 29 heavy (non-hydrogen) atoms. The van der Waals surface area contributed by atoms with Crippen molar-refractivity contribution in [3.8, 4) is 11.5 Å². The van der Waals surface area contributed by atoms with Gasteiger partial charge in [-0.15, -0.1) is 0 Å². The highest BCUT2D eigenvalue weighted by Crippen LogP contribution is 2.37. The smallest absolute Gasteiger partial charge is 0.166 e. The number of hydrogen-bond donors (Lipinski definition) is 2. The maximum absolute atomic E-state index is 14.5. The van der Waals surface area contributed by atoms with Crippen LogP contribution in [0.25, 0.3) is 10.9 Å². The van der Waals surface area contributed by atoms with Crippen molar-refractivity contribution >= 4 is 45.6 Å². The Morgan fingerprint density at radius 2 is 2.07 bits per heavy atom. The van der Waals surface area contributed by atoms with Gasteiger partial charge in [0.15, 0.2) is 17.3 Å². The zero-order chi connectivity index (χ0) is 20.4. The summed E-state index contributed by atoms with van der Waals surface area (Å²) in [4.78, 5) is 8.54. The zero-order valence-electron chi connectivity index (χ0n) is 15.4. The molecule has 0 aliphatic carbocycles. The Morgan fingerprint density at radius 1 is 1.21 bits per heavy atom. The minimum atomic E-state index is -0.657. The molecule has 0 spiro atoms. The van der Waals surface area contributed by atoms with Crippen LogP contribution in [0.3, 0.4) is 0 Å². The number of benzene rings is 2. The first kappa shape index (κ1) is 19.5. The van der Waals surface area contributed by atoms with E-state index >= 15 is 0 Å². The zero-order valence-corrected chi connectivity index (χ0v) is 16.9. The van der Waals surface area contributed by atoms with Gasteiger partial charge in [0, 0.05) is 24.4 Å². The third kappa shape index (κ3) is 4.02. The Kier molecular flexibility index (Phi) is 5.60. The first-order chi connectivity index (χ1) is 14.1. The largest absolute Gasteiger partial charge is 0.493 e. The SMILES string of the molecule is COc1cc2ncnc(Nc3ccc(Cl)c(Cl)c3F)c2cc1OC1C=CNCC1. The highest BCUT2D eigenvalue weighted by molar-refractivity contribution is 6.42. The van der Waals surface area contributed by atoms with Gasteiger partial charge in [-0.1, -0.05) is 23.2 Å². The van der Waals surface area contributed by atoms with E-state index < -0.39 is 5.82 Å². The van der Waals surface area contributed by atoms with Crippen LogP contribution in [0.5, 0.6) is 11.5 Å². The molecule has 0 saturated heterocycles. The lowest BCUT2D eigenvalue weighted by Gasteiger charge is -2.21. The molecule has 0 bridgehead atoms. The first-order valence-corrected chi connectivity index (χ1v) is 9.62. The van der Waals surface area contributed by atoms with Gasteiger partial charge < -0.3 is 20.1 Å². The fourth-order valence-electron chi connectivity index (χ4n) is 3.01. The van der Waals surface area contributed by atoms with Gasteiger partial charge in [0.2, 0.25) is 0 Å². The Hall–Kier alpha value is -2.77. The second kappa shape index (κ2) is 8.31. The van der Waals surface area contributed by atoms with E-state index in [1.165, 1.54) is 18.5 Å². The summed E-state index contributed by atoms with van der Waals surface area (Å²) in [6.07, 6.45) is 5.93. The Bertz CT molecular complexity index is 1090. The minimum Gasteiger partial charge on any atom is -0.493 e. The number of nitrogens with one attached hydrogen (secondary N) is 2. The predicted octanol–water partition coefficient (Wildman–Crippen LogP) is 5.08.